The Labute approximate surface area is 120 Å². The topological polar surface area (TPSA) is 76.3 Å². The van der Waals surface area contributed by atoms with Gasteiger partial charge in [-0.2, -0.15) is 0 Å². The van der Waals surface area contributed by atoms with Gasteiger partial charge in [-0.1, -0.05) is 18.2 Å². The number of hydrogen-bond acceptors (Lipinski definition) is 5. The maximum atomic E-state index is 12.3. The van der Waals surface area contributed by atoms with Gasteiger partial charge in [-0.25, -0.2) is 4.98 Å². The first-order valence-corrected chi connectivity index (χ1v) is 6.94. The molecule has 0 N–H and O–H groups in total. The summed E-state index contributed by atoms with van der Waals surface area (Å²) < 4.78 is 0. The quantitative estimate of drug-likeness (QED) is 0.470. The maximum absolute atomic E-state index is 12.3. The summed E-state index contributed by atoms with van der Waals surface area (Å²) in [7, 11) is 0. The van der Waals surface area contributed by atoms with Gasteiger partial charge in [0.1, 0.15) is 12.0 Å². The number of rotatable bonds is 2. The van der Waals surface area contributed by atoms with Crippen LogP contribution in [0.2, 0.25) is 0 Å². The SMILES string of the molecule is O=C1C=CC2C3C=CCC3C1N2c1ccc([N+](=O)[O-])cn1. The minimum absolute atomic E-state index is 0.0370. The van der Waals surface area contributed by atoms with Gasteiger partial charge in [0.05, 0.1) is 17.0 Å². The van der Waals surface area contributed by atoms with Crippen molar-refractivity contribution in [1.82, 2.24) is 4.98 Å². The van der Waals surface area contributed by atoms with Crippen LogP contribution in [-0.4, -0.2) is 27.8 Å². The van der Waals surface area contributed by atoms with Crippen molar-refractivity contribution in [2.75, 3.05) is 4.90 Å². The lowest BCUT2D eigenvalue weighted by molar-refractivity contribution is -0.385. The zero-order valence-electron chi connectivity index (χ0n) is 11.1. The predicted octanol–water partition coefficient (Wildman–Crippen LogP) is 1.88. The number of allylic oxidation sites excluding steroid dienone is 1. The summed E-state index contributed by atoms with van der Waals surface area (Å²) >= 11 is 0. The van der Waals surface area contributed by atoms with Gasteiger partial charge in [-0.3, -0.25) is 14.9 Å². The third-order valence-corrected chi connectivity index (χ3v) is 4.64. The van der Waals surface area contributed by atoms with Crippen molar-refractivity contribution in [1.29, 1.82) is 0 Å². The number of pyridine rings is 1. The van der Waals surface area contributed by atoms with Crippen LogP contribution < -0.4 is 4.90 Å². The van der Waals surface area contributed by atoms with Gasteiger partial charge in [0.2, 0.25) is 0 Å². The molecule has 0 radical (unpaired) electrons. The van der Waals surface area contributed by atoms with E-state index in [4.69, 9.17) is 0 Å². The van der Waals surface area contributed by atoms with Crippen LogP contribution in [-0.2, 0) is 4.79 Å². The second kappa shape index (κ2) is 4.25. The van der Waals surface area contributed by atoms with Crippen LogP contribution >= 0.6 is 0 Å². The van der Waals surface area contributed by atoms with Gasteiger partial charge in [0, 0.05) is 12.0 Å². The molecule has 0 saturated carbocycles. The summed E-state index contributed by atoms with van der Waals surface area (Å²) in [5.74, 6) is 1.35. The lowest BCUT2D eigenvalue weighted by Gasteiger charge is -2.33. The number of fused-ring (bicyclic) bond motifs is 5. The summed E-state index contributed by atoms with van der Waals surface area (Å²) in [6, 6.07) is 2.99. The van der Waals surface area contributed by atoms with Crippen LogP contribution in [0.4, 0.5) is 11.5 Å². The molecule has 1 aromatic heterocycles. The molecule has 1 saturated heterocycles. The molecule has 4 atom stereocenters. The van der Waals surface area contributed by atoms with Gasteiger partial charge in [-0.15, -0.1) is 0 Å². The number of nitrogens with zero attached hydrogens (tertiary/aromatic N) is 3. The zero-order valence-corrected chi connectivity index (χ0v) is 11.1. The van der Waals surface area contributed by atoms with Crippen molar-refractivity contribution in [3.05, 3.63) is 52.7 Å². The third-order valence-electron chi connectivity index (χ3n) is 4.64. The molecule has 6 heteroatoms. The number of hydrogen-bond donors (Lipinski definition) is 0. The summed E-state index contributed by atoms with van der Waals surface area (Å²) in [5.41, 5.74) is -0.0370. The van der Waals surface area contributed by atoms with Crippen molar-refractivity contribution >= 4 is 17.3 Å². The molecule has 21 heavy (non-hydrogen) atoms. The molecule has 2 bridgehead atoms. The van der Waals surface area contributed by atoms with Crippen LogP contribution in [0.1, 0.15) is 6.42 Å². The zero-order chi connectivity index (χ0) is 14.6. The van der Waals surface area contributed by atoms with Crippen LogP contribution in [0.5, 0.6) is 0 Å². The standard InChI is InChI=1S/C15H13N3O3/c19-13-6-5-12-10-2-1-3-11(10)15(13)17(12)14-7-4-9(8-16-14)18(20)21/h1-2,4-8,10-12,15H,3H2. The number of carbonyl (C=O) groups is 1. The van der Waals surface area contributed by atoms with Crippen LogP contribution in [0.15, 0.2) is 42.6 Å². The summed E-state index contributed by atoms with van der Waals surface area (Å²) in [6.45, 7) is 0. The van der Waals surface area contributed by atoms with E-state index in [0.29, 0.717) is 11.7 Å². The molecule has 106 valence electrons. The molecule has 2 aliphatic heterocycles. The van der Waals surface area contributed by atoms with E-state index in [2.05, 4.69) is 17.1 Å². The largest absolute Gasteiger partial charge is 0.339 e. The lowest BCUT2D eigenvalue weighted by atomic mass is 9.90. The maximum Gasteiger partial charge on any atom is 0.287 e. The first kappa shape index (κ1) is 12.3. The highest BCUT2D eigenvalue weighted by Gasteiger charge is 2.52. The Balaban J connectivity index is 1.75. The fourth-order valence-electron chi connectivity index (χ4n) is 3.77. The molecule has 0 aromatic carbocycles. The smallest absolute Gasteiger partial charge is 0.287 e. The highest BCUT2D eigenvalue weighted by atomic mass is 16.6. The number of anilines is 1. The van der Waals surface area contributed by atoms with Gasteiger partial charge < -0.3 is 4.90 Å². The van der Waals surface area contributed by atoms with E-state index < -0.39 is 4.92 Å². The Bertz CT molecular complexity index is 680. The first-order valence-electron chi connectivity index (χ1n) is 6.94. The Morgan fingerprint density at radius 3 is 2.90 bits per heavy atom. The molecule has 6 nitrogen and oxygen atoms in total. The normalized spacial score (nSPS) is 32.6. The molecular formula is C15H13N3O3. The Hall–Kier alpha value is -2.50. The Kier molecular flexibility index (Phi) is 2.48. The Morgan fingerprint density at radius 1 is 1.33 bits per heavy atom. The highest BCUT2D eigenvalue weighted by Crippen LogP contribution is 2.46. The minimum atomic E-state index is -0.468. The molecule has 4 unspecified atom stereocenters. The van der Waals surface area contributed by atoms with E-state index in [1.807, 2.05) is 11.0 Å². The van der Waals surface area contributed by atoms with E-state index in [1.165, 1.54) is 12.3 Å². The molecule has 1 aromatic rings. The molecule has 0 spiro atoms. The Morgan fingerprint density at radius 2 is 2.19 bits per heavy atom. The molecule has 0 amide bonds. The van der Waals surface area contributed by atoms with Crippen molar-refractivity contribution < 1.29 is 9.72 Å². The van der Waals surface area contributed by atoms with Crippen LogP contribution in [0.3, 0.4) is 0 Å². The fraction of sp³-hybridized carbons (Fsp3) is 0.333. The van der Waals surface area contributed by atoms with Crippen LogP contribution in [0.25, 0.3) is 0 Å². The fourth-order valence-corrected chi connectivity index (χ4v) is 3.77. The van der Waals surface area contributed by atoms with E-state index in [0.717, 1.165) is 6.42 Å². The number of aromatic nitrogens is 1. The number of nitro groups is 1. The highest BCUT2D eigenvalue weighted by molar-refractivity contribution is 5.99. The van der Waals surface area contributed by atoms with E-state index in [1.54, 1.807) is 12.1 Å². The van der Waals surface area contributed by atoms with Gasteiger partial charge in [-0.05, 0) is 24.5 Å². The molecule has 1 aliphatic carbocycles. The summed E-state index contributed by atoms with van der Waals surface area (Å²) in [5, 5.41) is 10.7. The van der Waals surface area contributed by atoms with E-state index in [-0.39, 0.29) is 29.5 Å². The van der Waals surface area contributed by atoms with Gasteiger partial charge in [0.15, 0.2) is 5.78 Å². The van der Waals surface area contributed by atoms with Crippen molar-refractivity contribution in [3.8, 4) is 0 Å². The molecule has 3 aliphatic rings. The van der Waals surface area contributed by atoms with E-state index >= 15 is 0 Å². The number of carbonyl (C=O) groups excluding carboxylic acids is 1. The van der Waals surface area contributed by atoms with Gasteiger partial charge in [0.25, 0.3) is 5.69 Å². The second-order valence-electron chi connectivity index (χ2n) is 5.64. The second-order valence-corrected chi connectivity index (χ2v) is 5.64. The monoisotopic (exact) mass is 283 g/mol. The molecular weight excluding hydrogens is 270 g/mol. The summed E-state index contributed by atoms with van der Waals surface area (Å²) in [4.78, 5) is 28.7. The van der Waals surface area contributed by atoms with Crippen molar-refractivity contribution in [2.45, 2.75) is 18.5 Å². The van der Waals surface area contributed by atoms with Crippen LogP contribution in [0, 0.1) is 22.0 Å². The third kappa shape index (κ3) is 1.65. The van der Waals surface area contributed by atoms with Gasteiger partial charge >= 0.3 is 0 Å². The van der Waals surface area contributed by atoms with Crippen molar-refractivity contribution in [3.63, 3.8) is 0 Å². The molecule has 1 fully saturated rings. The average molecular weight is 283 g/mol. The predicted molar refractivity (Wildman–Crippen MR) is 75.8 cm³/mol. The minimum Gasteiger partial charge on any atom is -0.339 e. The molecule has 4 rings (SSSR count). The first-order chi connectivity index (χ1) is 10.2. The van der Waals surface area contributed by atoms with E-state index in [9.17, 15) is 14.9 Å². The number of ketones is 1. The molecule has 3 heterocycles. The van der Waals surface area contributed by atoms with Crippen molar-refractivity contribution in [2.24, 2.45) is 11.8 Å². The summed E-state index contributed by atoms with van der Waals surface area (Å²) in [6.07, 6.45) is 10.1. The lowest BCUT2D eigenvalue weighted by Crippen LogP contribution is -2.45. The average Bonchev–Trinajstić information content (AvgIpc) is 3.03.